The lowest BCUT2D eigenvalue weighted by atomic mass is 10.3. The second-order valence-corrected chi connectivity index (χ2v) is 3.18. The topological polar surface area (TPSA) is 32.3 Å². The molecule has 10 heavy (non-hydrogen) atoms. The van der Waals surface area contributed by atoms with Gasteiger partial charge in [0.05, 0.1) is 12.5 Å². The van der Waals surface area contributed by atoms with Crippen molar-refractivity contribution in [2.45, 2.75) is 6.04 Å². The first-order valence-corrected chi connectivity index (χ1v) is 4.22. The number of nitrogens with one attached hydrogen (secondary N) is 1. The Kier molecular flexibility index (Phi) is 1.43. The molecule has 1 fully saturated rings. The summed E-state index contributed by atoms with van der Waals surface area (Å²) >= 11 is 1.75. The lowest BCUT2D eigenvalue weighted by Crippen LogP contribution is -2.23. The smallest absolute Gasteiger partial charge is 0.143 e. The molecular weight excluding hydrogens is 148 g/mol. The molecule has 2 rings (SSSR count). The molecule has 3 nitrogen and oxygen atoms in total. The number of carbonyl (C=O) groups excluding carboxylic acids is 1. The largest absolute Gasteiger partial charge is 0.350 e. The maximum absolute atomic E-state index is 10.4. The Hall–Kier alpha value is -0.480. The molecule has 0 aromatic heterocycles. The van der Waals surface area contributed by atoms with Crippen molar-refractivity contribution in [3.63, 3.8) is 0 Å². The monoisotopic (exact) mass is 156 g/mol. The zero-order valence-corrected chi connectivity index (χ0v) is 6.23. The Morgan fingerprint density at radius 3 is 3.60 bits per heavy atom. The number of rotatable bonds is 1. The molecule has 1 N–H and O–H groups in total. The molecule has 0 radical (unpaired) electrons. The van der Waals surface area contributed by atoms with Gasteiger partial charge in [-0.2, -0.15) is 0 Å². The van der Waals surface area contributed by atoms with Gasteiger partial charge in [0, 0.05) is 5.70 Å². The molecule has 0 bridgehead atoms. The van der Waals surface area contributed by atoms with Gasteiger partial charge < -0.3 is 9.69 Å². The predicted molar refractivity (Wildman–Crippen MR) is 40.2 cm³/mol. The molecule has 0 amide bonds. The van der Waals surface area contributed by atoms with Crippen molar-refractivity contribution in [3.05, 3.63) is 11.1 Å². The van der Waals surface area contributed by atoms with E-state index in [0.29, 0.717) is 0 Å². The highest BCUT2D eigenvalue weighted by Gasteiger charge is 2.29. The third-order valence-corrected chi connectivity index (χ3v) is 2.63. The summed E-state index contributed by atoms with van der Waals surface area (Å²) in [6, 6.07) is -0.0463. The zero-order valence-electron chi connectivity index (χ0n) is 5.41. The second-order valence-electron chi connectivity index (χ2n) is 2.35. The van der Waals surface area contributed by atoms with E-state index in [1.54, 1.807) is 11.8 Å². The lowest BCUT2D eigenvalue weighted by Gasteiger charge is -2.09. The van der Waals surface area contributed by atoms with E-state index in [-0.39, 0.29) is 6.04 Å². The first kappa shape index (κ1) is 6.24. The lowest BCUT2D eigenvalue weighted by molar-refractivity contribution is -0.108. The molecule has 1 saturated heterocycles. The van der Waals surface area contributed by atoms with E-state index in [9.17, 15) is 4.79 Å². The summed E-state index contributed by atoms with van der Waals surface area (Å²) in [5, 5.41) is 5.14. The van der Waals surface area contributed by atoms with Crippen LogP contribution in [0, 0.1) is 0 Å². The van der Waals surface area contributed by atoms with Crippen LogP contribution in [0.5, 0.6) is 0 Å². The molecular formula is C6H8N2OS. The number of carbonyl (C=O) groups is 1. The van der Waals surface area contributed by atoms with Gasteiger partial charge in [-0.15, -0.1) is 11.8 Å². The fraction of sp³-hybridized carbons (Fsp3) is 0.500. The van der Waals surface area contributed by atoms with Crippen molar-refractivity contribution in [2.75, 3.05) is 12.5 Å². The summed E-state index contributed by atoms with van der Waals surface area (Å²) in [6.45, 7) is 0.822. The number of thioether (sulfide) groups is 1. The maximum Gasteiger partial charge on any atom is 0.143 e. The highest BCUT2D eigenvalue weighted by Crippen LogP contribution is 2.27. The van der Waals surface area contributed by atoms with Gasteiger partial charge in [-0.05, 0) is 5.41 Å². The van der Waals surface area contributed by atoms with Crippen molar-refractivity contribution in [3.8, 4) is 0 Å². The summed E-state index contributed by atoms with van der Waals surface area (Å²) in [4.78, 5) is 12.6. The van der Waals surface area contributed by atoms with Crippen molar-refractivity contribution >= 4 is 18.0 Å². The third kappa shape index (κ3) is 0.759. The van der Waals surface area contributed by atoms with Gasteiger partial charge >= 0.3 is 0 Å². The molecule has 1 atom stereocenters. The molecule has 54 valence electrons. The molecule has 2 heterocycles. The summed E-state index contributed by atoms with van der Waals surface area (Å²) in [5.41, 5.74) is 1.14. The zero-order chi connectivity index (χ0) is 6.97. The highest BCUT2D eigenvalue weighted by atomic mass is 32.2. The Bertz CT molecular complexity index is 192. The van der Waals surface area contributed by atoms with E-state index < -0.39 is 0 Å². The summed E-state index contributed by atoms with van der Waals surface area (Å²) in [5.74, 6) is 0.993. The number of hydrogen-bond acceptors (Lipinski definition) is 4. The van der Waals surface area contributed by atoms with Crippen LogP contribution in [-0.2, 0) is 4.79 Å². The molecule has 2 aliphatic rings. The average molecular weight is 156 g/mol. The quantitative estimate of drug-likeness (QED) is 0.540. The van der Waals surface area contributed by atoms with E-state index in [2.05, 4.69) is 15.6 Å². The van der Waals surface area contributed by atoms with Gasteiger partial charge in [0.15, 0.2) is 0 Å². The van der Waals surface area contributed by atoms with Crippen molar-refractivity contribution < 1.29 is 4.79 Å². The van der Waals surface area contributed by atoms with Gasteiger partial charge in [-0.1, -0.05) is 0 Å². The number of hydrogen-bond donors (Lipinski definition) is 1. The van der Waals surface area contributed by atoms with Crippen molar-refractivity contribution in [1.29, 1.82) is 0 Å². The minimum atomic E-state index is -0.0463. The maximum atomic E-state index is 10.4. The fourth-order valence-electron chi connectivity index (χ4n) is 1.20. The first-order valence-electron chi connectivity index (χ1n) is 3.17. The van der Waals surface area contributed by atoms with Crippen LogP contribution in [0.3, 0.4) is 0 Å². The van der Waals surface area contributed by atoms with Crippen LogP contribution in [0.15, 0.2) is 11.1 Å². The SMILES string of the molecule is O=CC1NCN2CSC=C12. The van der Waals surface area contributed by atoms with Crippen LogP contribution >= 0.6 is 11.8 Å². The molecule has 0 aromatic carbocycles. The Labute approximate surface area is 63.5 Å². The van der Waals surface area contributed by atoms with Crippen molar-refractivity contribution in [2.24, 2.45) is 0 Å². The fourth-order valence-corrected chi connectivity index (χ4v) is 2.16. The first-order chi connectivity index (χ1) is 4.92. The van der Waals surface area contributed by atoms with Gasteiger partial charge in [0.1, 0.15) is 12.3 Å². The predicted octanol–water partition coefficient (Wildman–Crippen LogP) is -0.0377. The standard InChI is InChI=1S/C6H8N2OS/c9-1-5-6-2-10-4-8(6)3-7-5/h1-2,5,7H,3-4H2. The Morgan fingerprint density at radius 1 is 1.90 bits per heavy atom. The van der Waals surface area contributed by atoms with Crippen LogP contribution in [0.2, 0.25) is 0 Å². The average Bonchev–Trinajstić information content (AvgIpc) is 2.44. The third-order valence-electron chi connectivity index (χ3n) is 1.76. The molecule has 0 spiro atoms. The van der Waals surface area contributed by atoms with Crippen LogP contribution < -0.4 is 5.32 Å². The van der Waals surface area contributed by atoms with E-state index in [0.717, 1.165) is 24.5 Å². The molecule has 2 aliphatic heterocycles. The van der Waals surface area contributed by atoms with Crippen LogP contribution in [-0.4, -0.2) is 29.8 Å². The van der Waals surface area contributed by atoms with Gasteiger partial charge in [0.2, 0.25) is 0 Å². The van der Waals surface area contributed by atoms with E-state index in [1.807, 2.05) is 0 Å². The number of fused-ring (bicyclic) bond motifs is 1. The van der Waals surface area contributed by atoms with E-state index in [4.69, 9.17) is 0 Å². The summed E-state index contributed by atoms with van der Waals surface area (Å²) in [7, 11) is 0. The normalized spacial score (nSPS) is 30.2. The van der Waals surface area contributed by atoms with E-state index in [1.165, 1.54) is 0 Å². The molecule has 0 saturated carbocycles. The Balaban J connectivity index is 2.21. The highest BCUT2D eigenvalue weighted by molar-refractivity contribution is 8.02. The summed E-state index contributed by atoms with van der Waals surface area (Å²) < 4.78 is 0. The number of nitrogens with zero attached hydrogens (tertiary/aromatic N) is 1. The molecule has 0 aliphatic carbocycles. The Morgan fingerprint density at radius 2 is 2.80 bits per heavy atom. The molecule has 4 heteroatoms. The van der Waals surface area contributed by atoms with E-state index >= 15 is 0 Å². The molecule has 0 aromatic rings. The number of aldehydes is 1. The second kappa shape index (κ2) is 2.29. The van der Waals surface area contributed by atoms with Crippen molar-refractivity contribution in [1.82, 2.24) is 10.2 Å². The van der Waals surface area contributed by atoms with Crippen LogP contribution in [0.25, 0.3) is 0 Å². The van der Waals surface area contributed by atoms with Gasteiger partial charge in [-0.25, -0.2) is 0 Å². The van der Waals surface area contributed by atoms with Gasteiger partial charge in [0.25, 0.3) is 0 Å². The van der Waals surface area contributed by atoms with Crippen LogP contribution in [0.4, 0.5) is 0 Å². The molecule has 1 unspecified atom stereocenters. The van der Waals surface area contributed by atoms with Crippen LogP contribution in [0.1, 0.15) is 0 Å². The minimum Gasteiger partial charge on any atom is -0.350 e. The summed E-state index contributed by atoms with van der Waals surface area (Å²) in [6.07, 6.45) is 0.956. The minimum absolute atomic E-state index is 0.0463. The van der Waals surface area contributed by atoms with Gasteiger partial charge in [-0.3, -0.25) is 5.32 Å².